The first kappa shape index (κ1) is 14.1. The molecule has 19 heavy (non-hydrogen) atoms. The number of rotatable bonds is 5. The zero-order chi connectivity index (χ0) is 13.7. The van der Waals surface area contributed by atoms with E-state index in [4.69, 9.17) is 16.3 Å². The van der Waals surface area contributed by atoms with Gasteiger partial charge in [0.1, 0.15) is 18.2 Å². The maximum atomic E-state index is 6.04. The molecule has 0 fully saturated rings. The van der Waals surface area contributed by atoms with Gasteiger partial charge in [0.15, 0.2) is 0 Å². The highest BCUT2D eigenvalue weighted by Crippen LogP contribution is 2.28. The maximum Gasteiger partial charge on any atom is 0.144 e. The molecule has 0 aliphatic carbocycles. The molecule has 6 heteroatoms. The van der Waals surface area contributed by atoms with Crippen LogP contribution in [0.5, 0.6) is 5.75 Å². The SMILES string of the molecule is CCNc1cnc(COc2cc(Br)ccc2Cl)cn1. The number of nitrogens with zero attached hydrogens (tertiary/aromatic N) is 2. The van der Waals surface area contributed by atoms with Crippen LogP contribution in [0.3, 0.4) is 0 Å². The Bertz CT molecular complexity index is 548. The van der Waals surface area contributed by atoms with Crippen LogP contribution >= 0.6 is 27.5 Å². The van der Waals surface area contributed by atoms with E-state index in [9.17, 15) is 0 Å². The summed E-state index contributed by atoms with van der Waals surface area (Å²) in [4.78, 5) is 8.48. The molecule has 0 amide bonds. The van der Waals surface area contributed by atoms with Crippen molar-refractivity contribution in [2.75, 3.05) is 11.9 Å². The first-order chi connectivity index (χ1) is 9.19. The second-order valence-corrected chi connectivity index (χ2v) is 5.11. The molecule has 0 unspecified atom stereocenters. The fourth-order valence-corrected chi connectivity index (χ4v) is 1.95. The van der Waals surface area contributed by atoms with Gasteiger partial charge in [-0.2, -0.15) is 0 Å². The maximum absolute atomic E-state index is 6.04. The lowest BCUT2D eigenvalue weighted by Gasteiger charge is -2.08. The summed E-state index contributed by atoms with van der Waals surface area (Å²) in [6, 6.07) is 5.46. The lowest BCUT2D eigenvalue weighted by molar-refractivity contribution is 0.301. The van der Waals surface area contributed by atoms with Crippen molar-refractivity contribution in [2.24, 2.45) is 0 Å². The fraction of sp³-hybridized carbons (Fsp3) is 0.231. The van der Waals surface area contributed by atoms with Crippen LogP contribution in [0, 0.1) is 0 Å². The fourth-order valence-electron chi connectivity index (χ4n) is 1.44. The molecule has 1 N–H and O–H groups in total. The Kier molecular flexibility index (Phi) is 4.99. The van der Waals surface area contributed by atoms with Crippen LogP contribution in [0.25, 0.3) is 0 Å². The quantitative estimate of drug-likeness (QED) is 0.895. The molecule has 2 rings (SSSR count). The van der Waals surface area contributed by atoms with Gasteiger partial charge in [0.05, 0.1) is 23.1 Å². The third kappa shape index (κ3) is 4.08. The van der Waals surface area contributed by atoms with Crippen molar-refractivity contribution < 1.29 is 4.74 Å². The monoisotopic (exact) mass is 341 g/mol. The van der Waals surface area contributed by atoms with Crippen molar-refractivity contribution in [3.05, 3.63) is 45.8 Å². The van der Waals surface area contributed by atoms with Crippen molar-refractivity contribution in [1.29, 1.82) is 0 Å². The first-order valence-corrected chi connectivity index (χ1v) is 6.98. The number of nitrogens with one attached hydrogen (secondary N) is 1. The number of hydrogen-bond acceptors (Lipinski definition) is 4. The highest BCUT2D eigenvalue weighted by atomic mass is 79.9. The Labute approximate surface area is 125 Å². The molecule has 4 nitrogen and oxygen atoms in total. The smallest absolute Gasteiger partial charge is 0.144 e. The Morgan fingerprint density at radius 1 is 1.32 bits per heavy atom. The third-order valence-corrected chi connectivity index (χ3v) is 3.14. The van der Waals surface area contributed by atoms with Crippen LogP contribution in [-0.4, -0.2) is 16.5 Å². The Balaban J connectivity index is 2.00. The Morgan fingerprint density at radius 2 is 2.16 bits per heavy atom. The van der Waals surface area contributed by atoms with E-state index >= 15 is 0 Å². The lowest BCUT2D eigenvalue weighted by atomic mass is 10.3. The highest BCUT2D eigenvalue weighted by molar-refractivity contribution is 9.10. The van der Waals surface area contributed by atoms with Crippen molar-refractivity contribution in [3.63, 3.8) is 0 Å². The van der Waals surface area contributed by atoms with Crippen LogP contribution in [-0.2, 0) is 6.61 Å². The van der Waals surface area contributed by atoms with Gasteiger partial charge in [-0.1, -0.05) is 27.5 Å². The summed E-state index contributed by atoms with van der Waals surface area (Å²) in [7, 11) is 0. The first-order valence-electron chi connectivity index (χ1n) is 5.81. The largest absolute Gasteiger partial charge is 0.486 e. The molecule has 1 heterocycles. The molecule has 2 aromatic rings. The minimum atomic E-state index is 0.329. The second-order valence-electron chi connectivity index (χ2n) is 3.79. The average molecular weight is 343 g/mol. The number of halogens is 2. The summed E-state index contributed by atoms with van der Waals surface area (Å²) in [5.41, 5.74) is 0.748. The number of benzene rings is 1. The highest BCUT2D eigenvalue weighted by Gasteiger charge is 2.04. The van der Waals surface area contributed by atoms with Gasteiger partial charge in [-0.15, -0.1) is 0 Å². The van der Waals surface area contributed by atoms with Crippen molar-refractivity contribution in [1.82, 2.24) is 9.97 Å². The summed E-state index contributed by atoms with van der Waals surface area (Å²) >= 11 is 9.41. The van der Waals surface area contributed by atoms with Gasteiger partial charge in [0, 0.05) is 11.0 Å². The van der Waals surface area contributed by atoms with Crippen LogP contribution < -0.4 is 10.1 Å². The standard InChI is InChI=1S/C13H13BrClN3O/c1-2-16-13-7-17-10(6-18-13)8-19-12-5-9(14)3-4-11(12)15/h3-7H,2,8H2,1H3,(H,16,18). The molecule has 0 radical (unpaired) electrons. The molecule has 0 spiro atoms. The Hall–Kier alpha value is -1.33. The van der Waals surface area contributed by atoms with E-state index in [0.717, 1.165) is 22.5 Å². The summed E-state index contributed by atoms with van der Waals surface area (Å²) in [6.45, 7) is 3.15. The molecule has 0 saturated heterocycles. The zero-order valence-electron chi connectivity index (χ0n) is 10.4. The molecule has 1 aromatic carbocycles. The van der Waals surface area contributed by atoms with Crippen LogP contribution in [0.15, 0.2) is 35.1 Å². The van der Waals surface area contributed by atoms with Crippen molar-refractivity contribution >= 4 is 33.3 Å². The lowest BCUT2D eigenvalue weighted by Crippen LogP contribution is -2.03. The third-order valence-electron chi connectivity index (χ3n) is 2.33. The van der Waals surface area contributed by atoms with E-state index in [-0.39, 0.29) is 0 Å². The second kappa shape index (κ2) is 6.73. The minimum Gasteiger partial charge on any atom is -0.486 e. The van der Waals surface area contributed by atoms with E-state index in [0.29, 0.717) is 17.4 Å². The van der Waals surface area contributed by atoms with Crippen molar-refractivity contribution in [2.45, 2.75) is 13.5 Å². The van der Waals surface area contributed by atoms with Gasteiger partial charge in [0.2, 0.25) is 0 Å². The number of ether oxygens (including phenoxy) is 1. The molecule has 0 atom stereocenters. The number of hydrogen-bond donors (Lipinski definition) is 1. The zero-order valence-corrected chi connectivity index (χ0v) is 12.7. The van der Waals surface area contributed by atoms with E-state index in [1.807, 2.05) is 19.1 Å². The molecule has 0 saturated carbocycles. The predicted molar refractivity (Wildman–Crippen MR) is 79.7 cm³/mol. The summed E-state index contributed by atoms with van der Waals surface area (Å²) in [5.74, 6) is 1.38. The molecular formula is C13H13BrClN3O. The topological polar surface area (TPSA) is 47.0 Å². The Morgan fingerprint density at radius 3 is 2.84 bits per heavy atom. The van der Waals surface area contributed by atoms with Crippen LogP contribution in [0.4, 0.5) is 5.82 Å². The normalized spacial score (nSPS) is 10.3. The van der Waals surface area contributed by atoms with Gasteiger partial charge in [-0.3, -0.25) is 4.98 Å². The van der Waals surface area contributed by atoms with Crippen LogP contribution in [0.2, 0.25) is 5.02 Å². The van der Waals surface area contributed by atoms with Gasteiger partial charge < -0.3 is 10.1 Å². The van der Waals surface area contributed by atoms with Crippen LogP contribution in [0.1, 0.15) is 12.6 Å². The van der Waals surface area contributed by atoms with Gasteiger partial charge in [-0.25, -0.2) is 4.98 Å². The molecular weight excluding hydrogens is 330 g/mol. The van der Waals surface area contributed by atoms with E-state index < -0.39 is 0 Å². The minimum absolute atomic E-state index is 0.329. The summed E-state index contributed by atoms with van der Waals surface area (Å²) in [6.07, 6.45) is 3.37. The predicted octanol–water partition coefficient (Wildman–Crippen LogP) is 3.90. The molecule has 0 bridgehead atoms. The summed E-state index contributed by atoms with van der Waals surface area (Å²) in [5, 5.41) is 3.65. The molecule has 0 aliphatic rings. The van der Waals surface area contributed by atoms with Gasteiger partial charge >= 0.3 is 0 Å². The van der Waals surface area contributed by atoms with E-state index in [1.165, 1.54) is 0 Å². The average Bonchev–Trinajstić information content (AvgIpc) is 2.42. The van der Waals surface area contributed by atoms with Gasteiger partial charge in [-0.05, 0) is 25.1 Å². The number of anilines is 1. The van der Waals surface area contributed by atoms with Gasteiger partial charge in [0.25, 0.3) is 0 Å². The molecule has 1 aromatic heterocycles. The van der Waals surface area contributed by atoms with E-state index in [2.05, 4.69) is 31.2 Å². The van der Waals surface area contributed by atoms with Crippen molar-refractivity contribution in [3.8, 4) is 5.75 Å². The summed E-state index contributed by atoms with van der Waals surface area (Å²) < 4.78 is 6.54. The molecule has 100 valence electrons. The molecule has 0 aliphatic heterocycles. The van der Waals surface area contributed by atoms with E-state index in [1.54, 1.807) is 18.5 Å². The number of aromatic nitrogens is 2.